The molecule has 0 spiro atoms. The molecule has 0 saturated carbocycles. The van der Waals surface area contributed by atoms with Gasteiger partial charge in [-0.25, -0.2) is 4.98 Å². The molecule has 1 atom stereocenters. The minimum Gasteiger partial charge on any atom is -0.384 e. The lowest BCUT2D eigenvalue weighted by molar-refractivity contribution is 0.143. The molecule has 5 nitrogen and oxygen atoms in total. The van der Waals surface area contributed by atoms with Crippen molar-refractivity contribution in [3.63, 3.8) is 0 Å². The van der Waals surface area contributed by atoms with E-state index in [9.17, 15) is 0 Å². The fourth-order valence-electron chi connectivity index (χ4n) is 3.67. The molecule has 2 aliphatic rings. The number of anilines is 4. The monoisotopic (exact) mass is 324 g/mol. The first kappa shape index (κ1) is 15.3. The molecule has 4 rings (SSSR count). The van der Waals surface area contributed by atoms with Crippen LogP contribution in [0.2, 0.25) is 0 Å². The first-order valence-corrected chi connectivity index (χ1v) is 8.66. The smallest absolute Gasteiger partial charge is 0.135 e. The number of hydrogen-bond acceptors (Lipinski definition) is 5. The Bertz CT molecular complexity index is 716. The van der Waals surface area contributed by atoms with Gasteiger partial charge in [-0.1, -0.05) is 6.07 Å². The molecule has 24 heavy (non-hydrogen) atoms. The number of methoxy groups -OCH3 is 1. The van der Waals surface area contributed by atoms with Crippen molar-refractivity contribution < 1.29 is 4.74 Å². The molecule has 1 saturated heterocycles. The summed E-state index contributed by atoms with van der Waals surface area (Å²) >= 11 is 0. The molecular formula is C19H24N4O. The first-order chi connectivity index (χ1) is 11.8. The molecule has 0 radical (unpaired) electrons. The molecule has 2 N–H and O–H groups in total. The molecule has 1 fully saturated rings. The minimum absolute atomic E-state index is 0.627. The first-order valence-electron chi connectivity index (χ1n) is 8.66. The lowest BCUT2D eigenvalue weighted by Crippen LogP contribution is -2.37. The quantitative estimate of drug-likeness (QED) is 0.903. The van der Waals surface area contributed by atoms with Crippen LogP contribution >= 0.6 is 0 Å². The highest BCUT2D eigenvalue weighted by atomic mass is 16.5. The summed E-state index contributed by atoms with van der Waals surface area (Å²) in [4.78, 5) is 6.92. The van der Waals surface area contributed by atoms with Crippen LogP contribution in [-0.2, 0) is 11.3 Å². The van der Waals surface area contributed by atoms with E-state index in [1.165, 1.54) is 24.1 Å². The van der Waals surface area contributed by atoms with Crippen molar-refractivity contribution in [2.45, 2.75) is 19.4 Å². The Labute approximate surface area is 143 Å². The van der Waals surface area contributed by atoms with Crippen molar-refractivity contribution in [1.82, 2.24) is 4.98 Å². The normalized spacial score (nSPS) is 19.5. The molecule has 0 bridgehead atoms. The zero-order chi connectivity index (χ0) is 16.4. The highest BCUT2D eigenvalue weighted by Crippen LogP contribution is 2.35. The van der Waals surface area contributed by atoms with E-state index in [0.717, 1.165) is 43.4 Å². The van der Waals surface area contributed by atoms with Crippen LogP contribution in [0.3, 0.4) is 0 Å². The zero-order valence-electron chi connectivity index (χ0n) is 14.1. The van der Waals surface area contributed by atoms with Gasteiger partial charge >= 0.3 is 0 Å². The third-order valence-corrected chi connectivity index (χ3v) is 4.90. The van der Waals surface area contributed by atoms with Crippen molar-refractivity contribution in [3.8, 4) is 0 Å². The van der Waals surface area contributed by atoms with Crippen molar-refractivity contribution in [1.29, 1.82) is 0 Å². The predicted molar refractivity (Wildman–Crippen MR) is 98.1 cm³/mol. The summed E-state index contributed by atoms with van der Waals surface area (Å²) in [5.74, 6) is 1.57. The number of nitrogens with zero attached hydrogens (tertiary/aromatic N) is 2. The largest absolute Gasteiger partial charge is 0.384 e. The summed E-state index contributed by atoms with van der Waals surface area (Å²) < 4.78 is 5.35. The van der Waals surface area contributed by atoms with Crippen LogP contribution in [0.15, 0.2) is 36.5 Å². The molecule has 126 valence electrons. The van der Waals surface area contributed by atoms with Gasteiger partial charge in [0.1, 0.15) is 5.82 Å². The van der Waals surface area contributed by atoms with Crippen LogP contribution < -0.4 is 15.5 Å². The number of fused-ring (bicyclic) bond motifs is 2. The molecule has 0 aliphatic carbocycles. The maximum atomic E-state index is 5.35. The third kappa shape index (κ3) is 3.04. The summed E-state index contributed by atoms with van der Waals surface area (Å²) in [6.45, 7) is 3.83. The molecule has 1 aromatic carbocycles. The predicted octanol–water partition coefficient (Wildman–Crippen LogP) is 3.61. The van der Waals surface area contributed by atoms with Crippen LogP contribution in [0.5, 0.6) is 0 Å². The Hall–Kier alpha value is -2.27. The van der Waals surface area contributed by atoms with E-state index >= 15 is 0 Å². The molecular weight excluding hydrogens is 300 g/mol. The number of piperidine rings is 1. The van der Waals surface area contributed by atoms with Gasteiger partial charge in [0.2, 0.25) is 0 Å². The Kier molecular flexibility index (Phi) is 4.26. The Balaban J connectivity index is 1.56. The van der Waals surface area contributed by atoms with Crippen molar-refractivity contribution in [2.75, 3.05) is 42.3 Å². The zero-order valence-corrected chi connectivity index (χ0v) is 14.1. The van der Waals surface area contributed by atoms with Gasteiger partial charge in [0, 0.05) is 44.2 Å². The Morgan fingerprint density at radius 2 is 2.25 bits per heavy atom. The number of aromatic nitrogens is 1. The van der Waals surface area contributed by atoms with Crippen LogP contribution in [0.4, 0.5) is 22.9 Å². The average Bonchev–Trinajstić information content (AvgIpc) is 2.81. The fraction of sp³-hybridized carbons (Fsp3) is 0.421. The van der Waals surface area contributed by atoms with Crippen LogP contribution in [0.25, 0.3) is 0 Å². The van der Waals surface area contributed by atoms with E-state index < -0.39 is 0 Å². The second-order valence-corrected chi connectivity index (χ2v) is 6.63. The number of pyridine rings is 1. The SMILES string of the molecule is COCC1CCCN(c2ccc3c(c2)NCc2cccnc2N3)C1. The van der Waals surface area contributed by atoms with Crippen molar-refractivity contribution >= 4 is 22.9 Å². The Morgan fingerprint density at radius 3 is 3.17 bits per heavy atom. The van der Waals surface area contributed by atoms with E-state index in [2.05, 4.69) is 44.8 Å². The molecule has 2 aromatic rings. The van der Waals surface area contributed by atoms with Crippen LogP contribution in [0, 0.1) is 5.92 Å². The summed E-state index contributed by atoms with van der Waals surface area (Å²) in [6, 6.07) is 10.7. The minimum atomic E-state index is 0.627. The van der Waals surface area contributed by atoms with E-state index in [1.807, 2.05) is 12.3 Å². The summed E-state index contributed by atoms with van der Waals surface area (Å²) in [6.07, 6.45) is 4.32. The van der Waals surface area contributed by atoms with Gasteiger partial charge in [0.15, 0.2) is 0 Å². The fourth-order valence-corrected chi connectivity index (χ4v) is 3.67. The molecule has 2 aliphatic heterocycles. The van der Waals surface area contributed by atoms with E-state index in [0.29, 0.717) is 5.92 Å². The number of benzene rings is 1. The maximum absolute atomic E-state index is 5.35. The van der Waals surface area contributed by atoms with Crippen LogP contribution in [-0.4, -0.2) is 31.8 Å². The van der Waals surface area contributed by atoms with E-state index in [1.54, 1.807) is 7.11 Å². The molecule has 5 heteroatoms. The lowest BCUT2D eigenvalue weighted by Gasteiger charge is -2.34. The highest BCUT2D eigenvalue weighted by molar-refractivity contribution is 5.79. The van der Waals surface area contributed by atoms with Gasteiger partial charge in [-0.05, 0) is 43.0 Å². The average molecular weight is 324 g/mol. The summed E-state index contributed by atoms with van der Waals surface area (Å²) in [5, 5.41) is 6.99. The number of hydrogen-bond donors (Lipinski definition) is 2. The molecule has 0 amide bonds. The molecule has 3 heterocycles. The van der Waals surface area contributed by atoms with Gasteiger partial charge in [0.25, 0.3) is 0 Å². The van der Waals surface area contributed by atoms with Gasteiger partial charge in [-0.2, -0.15) is 0 Å². The topological polar surface area (TPSA) is 49.4 Å². The molecule has 1 aromatic heterocycles. The number of rotatable bonds is 3. The highest BCUT2D eigenvalue weighted by Gasteiger charge is 2.21. The van der Waals surface area contributed by atoms with Gasteiger partial charge in [0.05, 0.1) is 18.0 Å². The third-order valence-electron chi connectivity index (χ3n) is 4.90. The van der Waals surface area contributed by atoms with Crippen molar-refractivity contribution in [2.24, 2.45) is 5.92 Å². The van der Waals surface area contributed by atoms with E-state index in [-0.39, 0.29) is 0 Å². The lowest BCUT2D eigenvalue weighted by atomic mass is 9.98. The Morgan fingerprint density at radius 1 is 1.29 bits per heavy atom. The number of ether oxygens (including phenoxy) is 1. The second kappa shape index (κ2) is 6.69. The van der Waals surface area contributed by atoms with Gasteiger partial charge in [-0.15, -0.1) is 0 Å². The van der Waals surface area contributed by atoms with E-state index in [4.69, 9.17) is 4.74 Å². The number of nitrogens with one attached hydrogen (secondary N) is 2. The van der Waals surface area contributed by atoms with Crippen molar-refractivity contribution in [3.05, 3.63) is 42.1 Å². The van der Waals surface area contributed by atoms with Gasteiger partial charge in [-0.3, -0.25) is 0 Å². The van der Waals surface area contributed by atoms with Crippen LogP contribution in [0.1, 0.15) is 18.4 Å². The molecule has 1 unspecified atom stereocenters. The maximum Gasteiger partial charge on any atom is 0.135 e. The summed E-state index contributed by atoms with van der Waals surface area (Å²) in [5.41, 5.74) is 4.69. The second-order valence-electron chi connectivity index (χ2n) is 6.63. The van der Waals surface area contributed by atoms with Gasteiger partial charge < -0.3 is 20.3 Å². The standard InChI is InChI=1S/C19H24N4O/c1-24-13-14-4-3-9-23(12-14)16-6-7-17-18(10-16)21-11-15-5-2-8-20-19(15)22-17/h2,5-8,10,14,21H,3-4,9,11-13H2,1H3,(H,20,22). The summed E-state index contributed by atoms with van der Waals surface area (Å²) in [7, 11) is 1.79.